The highest BCUT2D eigenvalue weighted by molar-refractivity contribution is 5.86. The number of unbranched alkanes of at least 4 members (excludes halogenated alkanes) is 1. The Labute approximate surface area is 153 Å². The Bertz CT molecular complexity index is 731. The number of halogens is 2. The van der Waals surface area contributed by atoms with Crippen molar-refractivity contribution < 1.29 is 8.78 Å². The van der Waals surface area contributed by atoms with Crippen LogP contribution in [-0.2, 0) is 0 Å². The van der Waals surface area contributed by atoms with Crippen LogP contribution in [-0.4, -0.2) is 26.4 Å². The fourth-order valence-electron chi connectivity index (χ4n) is 2.96. The molecule has 0 aliphatic heterocycles. The van der Waals surface area contributed by atoms with E-state index in [1.165, 1.54) is 0 Å². The molecule has 0 saturated heterocycles. The van der Waals surface area contributed by atoms with Crippen molar-refractivity contribution in [2.24, 2.45) is 5.92 Å². The van der Waals surface area contributed by atoms with Crippen LogP contribution in [0.25, 0.3) is 11.0 Å². The van der Waals surface area contributed by atoms with Crippen molar-refractivity contribution >= 4 is 22.8 Å². The number of nitrogens with two attached hydrogens (primary N) is 1. The molecule has 144 valence electrons. The summed E-state index contributed by atoms with van der Waals surface area (Å²) < 4.78 is 27.1. The van der Waals surface area contributed by atoms with Crippen molar-refractivity contribution in [1.29, 1.82) is 0 Å². The minimum absolute atomic E-state index is 0.166. The predicted octanol–water partition coefficient (Wildman–Crippen LogP) is 5.04. The quantitative estimate of drug-likeness (QED) is 0.651. The van der Waals surface area contributed by atoms with Crippen molar-refractivity contribution in [3.63, 3.8) is 0 Å². The van der Waals surface area contributed by atoms with E-state index < -0.39 is 11.8 Å². The number of pyridine rings is 1. The van der Waals surface area contributed by atoms with E-state index in [1.807, 2.05) is 6.07 Å². The standard InChI is InChI=1S/C19H29F2N5/c1-5-6-10-18(3,11-9-13(2)19(4,20)21)26-16-15-14(8-7-12-23-15)24-17(22)25-16/h7-8,12-13H,5-6,9-11H2,1-4H3,(H3,22,24,25,26)/t13-,18+/m1/s1. The van der Waals surface area contributed by atoms with Gasteiger partial charge in [0.2, 0.25) is 11.9 Å². The average molecular weight is 365 g/mol. The molecular formula is C19H29F2N5. The fraction of sp³-hybridized carbons (Fsp3) is 0.632. The molecule has 7 heteroatoms. The van der Waals surface area contributed by atoms with E-state index in [2.05, 4.69) is 34.1 Å². The Kier molecular flexibility index (Phi) is 6.31. The number of hydrogen-bond acceptors (Lipinski definition) is 5. The maximum absolute atomic E-state index is 13.6. The minimum atomic E-state index is -2.68. The first-order valence-electron chi connectivity index (χ1n) is 9.19. The zero-order valence-electron chi connectivity index (χ0n) is 16.0. The summed E-state index contributed by atoms with van der Waals surface area (Å²) in [6, 6.07) is 3.62. The number of aromatic nitrogens is 3. The second-order valence-electron chi connectivity index (χ2n) is 7.49. The lowest BCUT2D eigenvalue weighted by molar-refractivity contribution is -0.0373. The molecule has 5 nitrogen and oxygen atoms in total. The smallest absolute Gasteiger partial charge is 0.247 e. The third-order valence-corrected chi connectivity index (χ3v) is 4.97. The largest absolute Gasteiger partial charge is 0.368 e. The summed E-state index contributed by atoms with van der Waals surface area (Å²) in [5.74, 6) is -2.64. The molecule has 3 N–H and O–H groups in total. The molecule has 0 aliphatic rings. The van der Waals surface area contributed by atoms with Crippen LogP contribution in [0.2, 0.25) is 0 Å². The molecule has 0 aromatic carbocycles. The topological polar surface area (TPSA) is 76.7 Å². The lowest BCUT2D eigenvalue weighted by atomic mass is 9.85. The summed E-state index contributed by atoms with van der Waals surface area (Å²) in [6.07, 6.45) is 5.58. The SMILES string of the molecule is CCCC[C@@](C)(CC[C@@H](C)C(C)(F)F)Nc1nc(N)nc2cccnc12. The molecule has 0 bridgehead atoms. The van der Waals surface area contributed by atoms with Gasteiger partial charge in [-0.3, -0.25) is 4.98 Å². The lowest BCUT2D eigenvalue weighted by Crippen LogP contribution is -2.37. The van der Waals surface area contributed by atoms with Crippen molar-refractivity contribution in [3.8, 4) is 0 Å². The van der Waals surface area contributed by atoms with Gasteiger partial charge in [-0.1, -0.05) is 26.7 Å². The molecule has 0 amide bonds. The van der Waals surface area contributed by atoms with Crippen molar-refractivity contribution in [2.75, 3.05) is 11.1 Å². The maximum Gasteiger partial charge on any atom is 0.247 e. The van der Waals surface area contributed by atoms with Gasteiger partial charge in [-0.15, -0.1) is 0 Å². The van der Waals surface area contributed by atoms with Gasteiger partial charge in [0.15, 0.2) is 5.82 Å². The van der Waals surface area contributed by atoms with E-state index in [0.29, 0.717) is 29.7 Å². The molecule has 0 saturated carbocycles. The van der Waals surface area contributed by atoms with Gasteiger partial charge in [-0.25, -0.2) is 13.8 Å². The number of fused-ring (bicyclic) bond motifs is 1. The molecule has 0 aliphatic carbocycles. The fourth-order valence-corrected chi connectivity index (χ4v) is 2.96. The zero-order chi connectivity index (χ0) is 19.4. The molecule has 2 aromatic rings. The zero-order valence-corrected chi connectivity index (χ0v) is 16.0. The van der Waals surface area contributed by atoms with E-state index in [-0.39, 0.29) is 11.5 Å². The number of hydrogen-bond donors (Lipinski definition) is 2. The maximum atomic E-state index is 13.6. The number of nitrogens with zero attached hydrogens (tertiary/aromatic N) is 3. The molecule has 2 aromatic heterocycles. The van der Waals surface area contributed by atoms with Gasteiger partial charge >= 0.3 is 0 Å². The Morgan fingerprint density at radius 1 is 1.23 bits per heavy atom. The van der Waals surface area contributed by atoms with Crippen LogP contribution in [0, 0.1) is 5.92 Å². The van der Waals surface area contributed by atoms with Gasteiger partial charge in [0, 0.05) is 17.7 Å². The van der Waals surface area contributed by atoms with Crippen LogP contribution in [0.1, 0.15) is 59.8 Å². The third-order valence-electron chi connectivity index (χ3n) is 4.97. The number of alkyl halides is 2. The second-order valence-corrected chi connectivity index (χ2v) is 7.49. The number of rotatable bonds is 9. The summed E-state index contributed by atoms with van der Waals surface area (Å²) in [5, 5.41) is 3.44. The highest BCUT2D eigenvalue weighted by Gasteiger charge is 2.33. The molecule has 0 unspecified atom stereocenters. The number of anilines is 2. The molecule has 0 fully saturated rings. The van der Waals surface area contributed by atoms with Crippen LogP contribution in [0.3, 0.4) is 0 Å². The van der Waals surface area contributed by atoms with Crippen LogP contribution in [0.15, 0.2) is 18.3 Å². The molecular weight excluding hydrogens is 336 g/mol. The van der Waals surface area contributed by atoms with E-state index in [4.69, 9.17) is 5.73 Å². The highest BCUT2D eigenvalue weighted by atomic mass is 19.3. The second kappa shape index (κ2) is 8.10. The van der Waals surface area contributed by atoms with Crippen LogP contribution in [0.4, 0.5) is 20.5 Å². The minimum Gasteiger partial charge on any atom is -0.368 e. The van der Waals surface area contributed by atoms with E-state index in [9.17, 15) is 8.78 Å². The van der Waals surface area contributed by atoms with E-state index >= 15 is 0 Å². The van der Waals surface area contributed by atoms with Gasteiger partial charge in [0.1, 0.15) is 5.52 Å². The van der Waals surface area contributed by atoms with Crippen molar-refractivity contribution in [2.45, 2.75) is 71.3 Å². The highest BCUT2D eigenvalue weighted by Crippen LogP contribution is 2.33. The molecule has 2 heterocycles. The molecule has 26 heavy (non-hydrogen) atoms. The summed E-state index contributed by atoms with van der Waals surface area (Å²) in [4.78, 5) is 12.9. The van der Waals surface area contributed by atoms with Crippen molar-refractivity contribution in [1.82, 2.24) is 15.0 Å². The summed E-state index contributed by atoms with van der Waals surface area (Å²) in [7, 11) is 0. The molecule has 0 spiro atoms. The van der Waals surface area contributed by atoms with Crippen LogP contribution >= 0.6 is 0 Å². The van der Waals surface area contributed by atoms with Gasteiger partial charge in [0.05, 0.1) is 5.52 Å². The first kappa shape index (κ1) is 20.3. The summed E-state index contributed by atoms with van der Waals surface area (Å²) in [6.45, 7) is 6.75. The Balaban J connectivity index is 2.27. The van der Waals surface area contributed by atoms with Gasteiger partial charge in [-0.05, 0) is 45.2 Å². The Morgan fingerprint density at radius 2 is 1.96 bits per heavy atom. The van der Waals surface area contributed by atoms with E-state index in [0.717, 1.165) is 26.2 Å². The summed E-state index contributed by atoms with van der Waals surface area (Å²) in [5.41, 5.74) is 6.76. The predicted molar refractivity (Wildman–Crippen MR) is 102 cm³/mol. The first-order valence-corrected chi connectivity index (χ1v) is 9.19. The summed E-state index contributed by atoms with van der Waals surface area (Å²) >= 11 is 0. The first-order chi connectivity index (χ1) is 12.1. The number of nitrogens with one attached hydrogen (secondary N) is 1. The average Bonchev–Trinajstić information content (AvgIpc) is 2.57. The Morgan fingerprint density at radius 3 is 2.62 bits per heavy atom. The molecule has 0 radical (unpaired) electrons. The monoisotopic (exact) mass is 365 g/mol. The lowest BCUT2D eigenvalue weighted by Gasteiger charge is -2.33. The van der Waals surface area contributed by atoms with E-state index in [1.54, 1.807) is 19.2 Å². The van der Waals surface area contributed by atoms with Gasteiger partial charge in [0.25, 0.3) is 0 Å². The van der Waals surface area contributed by atoms with Crippen LogP contribution in [0.5, 0.6) is 0 Å². The van der Waals surface area contributed by atoms with Crippen molar-refractivity contribution in [3.05, 3.63) is 18.3 Å². The number of nitrogen functional groups attached to an aromatic ring is 1. The normalized spacial score (nSPS) is 15.6. The molecule has 2 atom stereocenters. The van der Waals surface area contributed by atoms with Gasteiger partial charge < -0.3 is 11.1 Å². The van der Waals surface area contributed by atoms with Crippen LogP contribution < -0.4 is 11.1 Å². The third kappa shape index (κ3) is 5.22. The molecule has 2 rings (SSSR count). The van der Waals surface area contributed by atoms with Gasteiger partial charge in [-0.2, -0.15) is 4.98 Å². The Hall–Kier alpha value is -2.05.